The van der Waals surface area contributed by atoms with Crippen LogP contribution in [0.3, 0.4) is 0 Å². The SMILES string of the molecule is O=C(O)CCCCC(=O)NCc1ccccc1C(F)(F)F. The lowest BCUT2D eigenvalue weighted by atomic mass is 10.1. The van der Waals surface area contributed by atoms with Crippen LogP contribution in [0.2, 0.25) is 0 Å². The molecule has 2 N–H and O–H groups in total. The van der Waals surface area contributed by atoms with Crippen LogP contribution in [-0.4, -0.2) is 17.0 Å². The number of carboxylic acids is 1. The Hall–Kier alpha value is -2.05. The molecule has 0 aliphatic rings. The summed E-state index contributed by atoms with van der Waals surface area (Å²) in [6.45, 7) is -0.201. The normalized spacial score (nSPS) is 11.2. The monoisotopic (exact) mass is 303 g/mol. The van der Waals surface area contributed by atoms with Crippen molar-refractivity contribution in [3.63, 3.8) is 0 Å². The first kappa shape index (κ1) is 17.0. The third kappa shape index (κ3) is 6.29. The van der Waals surface area contributed by atoms with E-state index in [9.17, 15) is 22.8 Å². The minimum atomic E-state index is -4.46. The molecule has 1 amide bonds. The lowest BCUT2D eigenvalue weighted by molar-refractivity contribution is -0.138. The molecule has 21 heavy (non-hydrogen) atoms. The fraction of sp³-hybridized carbons (Fsp3) is 0.429. The number of rotatable bonds is 7. The van der Waals surface area contributed by atoms with Gasteiger partial charge in [-0.25, -0.2) is 0 Å². The van der Waals surface area contributed by atoms with Gasteiger partial charge < -0.3 is 10.4 Å². The van der Waals surface area contributed by atoms with E-state index < -0.39 is 23.6 Å². The Labute approximate surface area is 120 Å². The van der Waals surface area contributed by atoms with Gasteiger partial charge in [-0.05, 0) is 24.5 Å². The van der Waals surface area contributed by atoms with Crippen LogP contribution >= 0.6 is 0 Å². The predicted molar refractivity (Wildman–Crippen MR) is 69.4 cm³/mol. The summed E-state index contributed by atoms with van der Waals surface area (Å²) in [5.74, 6) is -1.33. The maximum Gasteiger partial charge on any atom is 0.416 e. The first-order valence-corrected chi connectivity index (χ1v) is 6.44. The van der Waals surface area contributed by atoms with Crippen LogP contribution in [-0.2, 0) is 22.3 Å². The molecule has 0 bridgehead atoms. The molecule has 0 atom stereocenters. The van der Waals surface area contributed by atoms with Gasteiger partial charge in [-0.2, -0.15) is 13.2 Å². The van der Waals surface area contributed by atoms with Crippen LogP contribution in [0.1, 0.15) is 36.8 Å². The van der Waals surface area contributed by atoms with Crippen molar-refractivity contribution in [2.75, 3.05) is 0 Å². The lowest BCUT2D eigenvalue weighted by Gasteiger charge is -2.13. The molecule has 0 heterocycles. The van der Waals surface area contributed by atoms with Gasteiger partial charge in [-0.3, -0.25) is 9.59 Å². The molecule has 1 aromatic rings. The molecular formula is C14H16F3NO3. The Bertz CT molecular complexity index is 500. The summed E-state index contributed by atoms with van der Waals surface area (Å²) in [5.41, 5.74) is -0.764. The largest absolute Gasteiger partial charge is 0.481 e. The van der Waals surface area contributed by atoms with Gasteiger partial charge in [-0.1, -0.05) is 18.2 Å². The van der Waals surface area contributed by atoms with E-state index >= 15 is 0 Å². The fourth-order valence-corrected chi connectivity index (χ4v) is 1.79. The second-order valence-electron chi connectivity index (χ2n) is 4.53. The predicted octanol–water partition coefficient (Wildman–Crippen LogP) is 2.97. The molecule has 0 fully saturated rings. The summed E-state index contributed by atoms with van der Waals surface area (Å²) in [5, 5.41) is 10.8. The van der Waals surface area contributed by atoms with E-state index in [0.717, 1.165) is 6.07 Å². The van der Waals surface area contributed by atoms with E-state index in [1.807, 2.05) is 0 Å². The summed E-state index contributed by atoms with van der Waals surface area (Å²) >= 11 is 0. The fourth-order valence-electron chi connectivity index (χ4n) is 1.79. The van der Waals surface area contributed by atoms with Crippen molar-refractivity contribution in [3.8, 4) is 0 Å². The van der Waals surface area contributed by atoms with Gasteiger partial charge in [0.05, 0.1) is 5.56 Å². The number of alkyl halides is 3. The van der Waals surface area contributed by atoms with Crippen LogP contribution in [0.4, 0.5) is 13.2 Å². The third-order valence-corrected chi connectivity index (χ3v) is 2.84. The molecule has 0 unspecified atom stereocenters. The van der Waals surface area contributed by atoms with Crippen molar-refractivity contribution in [2.45, 2.75) is 38.4 Å². The van der Waals surface area contributed by atoms with Gasteiger partial charge in [0.2, 0.25) is 5.91 Å². The minimum Gasteiger partial charge on any atom is -0.481 e. The first-order valence-electron chi connectivity index (χ1n) is 6.44. The van der Waals surface area contributed by atoms with Crippen molar-refractivity contribution in [1.82, 2.24) is 5.32 Å². The van der Waals surface area contributed by atoms with Gasteiger partial charge in [0, 0.05) is 19.4 Å². The molecule has 0 radical (unpaired) electrons. The summed E-state index contributed by atoms with van der Waals surface area (Å²) in [4.78, 5) is 21.8. The molecule has 0 saturated carbocycles. The molecule has 4 nitrogen and oxygen atoms in total. The molecule has 0 aliphatic heterocycles. The highest BCUT2D eigenvalue weighted by Gasteiger charge is 2.32. The summed E-state index contributed by atoms with van der Waals surface area (Å²) in [6, 6.07) is 5.05. The van der Waals surface area contributed by atoms with E-state index in [4.69, 9.17) is 5.11 Å². The van der Waals surface area contributed by atoms with Crippen molar-refractivity contribution in [3.05, 3.63) is 35.4 Å². The van der Waals surface area contributed by atoms with E-state index in [-0.39, 0.29) is 24.9 Å². The molecule has 0 aromatic heterocycles. The molecule has 0 aliphatic carbocycles. The average molecular weight is 303 g/mol. The zero-order valence-corrected chi connectivity index (χ0v) is 11.2. The molecule has 0 saturated heterocycles. The van der Waals surface area contributed by atoms with Crippen LogP contribution in [0, 0.1) is 0 Å². The van der Waals surface area contributed by atoms with Crippen LogP contribution in [0.25, 0.3) is 0 Å². The van der Waals surface area contributed by atoms with Crippen LogP contribution in [0.5, 0.6) is 0 Å². The second kappa shape index (κ2) is 7.66. The van der Waals surface area contributed by atoms with Gasteiger partial charge in [0.15, 0.2) is 0 Å². The number of unbranched alkanes of at least 4 members (excludes halogenated alkanes) is 1. The molecular weight excluding hydrogens is 287 g/mol. The smallest absolute Gasteiger partial charge is 0.416 e. The number of aliphatic carboxylic acids is 1. The number of amides is 1. The number of hydrogen-bond acceptors (Lipinski definition) is 2. The summed E-state index contributed by atoms with van der Waals surface area (Å²) in [6.07, 6.45) is -3.63. The second-order valence-corrected chi connectivity index (χ2v) is 4.53. The van der Waals surface area contributed by atoms with Gasteiger partial charge in [0.25, 0.3) is 0 Å². The first-order chi connectivity index (χ1) is 9.80. The Morgan fingerprint density at radius 2 is 1.71 bits per heavy atom. The van der Waals surface area contributed by atoms with Crippen LogP contribution in [0.15, 0.2) is 24.3 Å². The van der Waals surface area contributed by atoms with Crippen molar-refractivity contribution in [2.24, 2.45) is 0 Å². The average Bonchev–Trinajstić information content (AvgIpc) is 2.40. The maximum absolute atomic E-state index is 12.7. The van der Waals surface area contributed by atoms with Crippen molar-refractivity contribution in [1.29, 1.82) is 0 Å². The van der Waals surface area contributed by atoms with Gasteiger partial charge >= 0.3 is 12.1 Å². The van der Waals surface area contributed by atoms with Crippen LogP contribution < -0.4 is 5.32 Å². The number of carboxylic acid groups (broad SMARTS) is 1. The highest BCUT2D eigenvalue weighted by atomic mass is 19.4. The molecule has 1 rings (SSSR count). The molecule has 7 heteroatoms. The number of carbonyl (C=O) groups excluding carboxylic acids is 1. The van der Waals surface area contributed by atoms with Gasteiger partial charge in [-0.15, -0.1) is 0 Å². The quantitative estimate of drug-likeness (QED) is 0.761. The Balaban J connectivity index is 2.45. The topological polar surface area (TPSA) is 66.4 Å². The number of hydrogen-bond donors (Lipinski definition) is 2. The van der Waals surface area contributed by atoms with E-state index in [1.165, 1.54) is 18.2 Å². The summed E-state index contributed by atoms with van der Waals surface area (Å²) < 4.78 is 38.2. The highest BCUT2D eigenvalue weighted by Crippen LogP contribution is 2.31. The standard InChI is InChI=1S/C14H16F3NO3/c15-14(16,17)11-6-2-1-5-10(11)9-18-12(19)7-3-4-8-13(20)21/h1-2,5-6H,3-4,7-9H2,(H,18,19)(H,20,21). The zero-order valence-electron chi connectivity index (χ0n) is 11.2. The number of benzene rings is 1. The Kier molecular flexibility index (Phi) is 6.20. The molecule has 116 valence electrons. The van der Waals surface area contributed by atoms with E-state index in [2.05, 4.69) is 5.32 Å². The number of carbonyl (C=O) groups is 2. The Morgan fingerprint density at radius 3 is 2.33 bits per heavy atom. The third-order valence-electron chi connectivity index (χ3n) is 2.84. The zero-order chi connectivity index (χ0) is 15.9. The minimum absolute atomic E-state index is 0.00360. The lowest BCUT2D eigenvalue weighted by Crippen LogP contribution is -2.24. The maximum atomic E-state index is 12.7. The van der Waals surface area contributed by atoms with Crippen molar-refractivity contribution >= 4 is 11.9 Å². The Morgan fingerprint density at radius 1 is 1.10 bits per heavy atom. The number of halogens is 3. The molecule has 0 spiro atoms. The van der Waals surface area contributed by atoms with Gasteiger partial charge in [0.1, 0.15) is 0 Å². The highest BCUT2D eigenvalue weighted by molar-refractivity contribution is 5.76. The van der Waals surface area contributed by atoms with Crippen molar-refractivity contribution < 1.29 is 27.9 Å². The van der Waals surface area contributed by atoms with E-state index in [1.54, 1.807) is 0 Å². The van der Waals surface area contributed by atoms with E-state index in [0.29, 0.717) is 12.8 Å². The summed E-state index contributed by atoms with van der Waals surface area (Å²) in [7, 11) is 0. The molecule has 1 aromatic carbocycles. The number of nitrogens with one attached hydrogen (secondary N) is 1.